The van der Waals surface area contributed by atoms with Crippen LogP contribution in [0.5, 0.6) is 0 Å². The maximum atomic E-state index is 11.5. The number of amides is 1. The van der Waals surface area contributed by atoms with E-state index in [4.69, 9.17) is 5.11 Å². The topological polar surface area (TPSA) is 98.7 Å². The number of hydrogen-bond acceptors (Lipinski definition) is 4. The zero-order chi connectivity index (χ0) is 12.1. The van der Waals surface area contributed by atoms with Gasteiger partial charge in [-0.25, -0.2) is 4.79 Å². The van der Waals surface area contributed by atoms with Gasteiger partial charge >= 0.3 is 5.97 Å². The number of aliphatic hydroxyl groups is 1. The summed E-state index contributed by atoms with van der Waals surface area (Å²) in [5.41, 5.74) is 0. The van der Waals surface area contributed by atoms with Crippen molar-refractivity contribution in [2.24, 2.45) is 0 Å². The van der Waals surface area contributed by atoms with Crippen molar-refractivity contribution in [2.75, 3.05) is 6.54 Å². The van der Waals surface area contributed by atoms with Crippen LogP contribution in [0.15, 0.2) is 0 Å². The van der Waals surface area contributed by atoms with Crippen molar-refractivity contribution in [3.05, 3.63) is 0 Å². The summed E-state index contributed by atoms with van der Waals surface area (Å²) in [7, 11) is 0. The first kappa shape index (κ1) is 12.9. The summed E-state index contributed by atoms with van der Waals surface area (Å²) >= 11 is 0. The summed E-state index contributed by atoms with van der Waals surface area (Å²) in [6, 6.07) is -1.10. The van der Waals surface area contributed by atoms with Crippen molar-refractivity contribution in [2.45, 2.75) is 44.4 Å². The van der Waals surface area contributed by atoms with Gasteiger partial charge in [0.25, 0.3) is 0 Å². The monoisotopic (exact) mass is 230 g/mol. The third-order valence-corrected chi connectivity index (χ3v) is 2.66. The quantitative estimate of drug-likeness (QED) is 0.489. The third kappa shape index (κ3) is 3.79. The van der Waals surface area contributed by atoms with Gasteiger partial charge in [0.2, 0.25) is 5.91 Å². The van der Waals surface area contributed by atoms with E-state index in [1.807, 2.05) is 0 Å². The van der Waals surface area contributed by atoms with Crippen molar-refractivity contribution < 1.29 is 19.8 Å². The fourth-order valence-electron chi connectivity index (χ4n) is 1.78. The predicted octanol–water partition coefficient (Wildman–Crippen LogP) is -0.921. The van der Waals surface area contributed by atoms with Crippen molar-refractivity contribution in [1.29, 1.82) is 0 Å². The Hall–Kier alpha value is -1.14. The number of aliphatic hydroxyl groups excluding tert-OH is 1. The molecule has 1 fully saturated rings. The smallest absolute Gasteiger partial charge is 0.328 e. The maximum absolute atomic E-state index is 11.5. The normalized spacial score (nSPS) is 23.8. The lowest BCUT2D eigenvalue weighted by Gasteiger charge is -2.18. The molecule has 6 nitrogen and oxygen atoms in total. The lowest BCUT2D eigenvalue weighted by Crippen LogP contribution is -2.48. The highest BCUT2D eigenvalue weighted by atomic mass is 16.4. The van der Waals surface area contributed by atoms with Crippen LogP contribution >= 0.6 is 0 Å². The van der Waals surface area contributed by atoms with Crippen LogP contribution in [0.25, 0.3) is 0 Å². The summed E-state index contributed by atoms with van der Waals surface area (Å²) in [5, 5.41) is 23.4. The van der Waals surface area contributed by atoms with E-state index >= 15 is 0 Å². The zero-order valence-electron chi connectivity index (χ0n) is 9.27. The third-order valence-electron chi connectivity index (χ3n) is 2.66. The fraction of sp³-hybridized carbons (Fsp3) is 0.800. The Morgan fingerprint density at radius 2 is 2.25 bits per heavy atom. The minimum atomic E-state index is -1.23. The molecule has 1 amide bonds. The molecule has 3 atom stereocenters. The first-order valence-corrected chi connectivity index (χ1v) is 5.44. The van der Waals surface area contributed by atoms with E-state index in [0.717, 1.165) is 19.4 Å². The van der Waals surface area contributed by atoms with Crippen LogP contribution in [0.1, 0.15) is 26.2 Å². The highest BCUT2D eigenvalue weighted by molar-refractivity contribution is 5.84. The Balaban J connectivity index is 2.38. The maximum Gasteiger partial charge on any atom is 0.328 e. The van der Waals surface area contributed by atoms with Crippen molar-refractivity contribution >= 4 is 11.9 Å². The average molecular weight is 230 g/mol. The fourth-order valence-corrected chi connectivity index (χ4v) is 1.78. The van der Waals surface area contributed by atoms with Gasteiger partial charge in [-0.05, 0) is 26.3 Å². The van der Waals surface area contributed by atoms with Gasteiger partial charge in [-0.15, -0.1) is 0 Å². The molecule has 0 aromatic rings. The average Bonchev–Trinajstić information content (AvgIpc) is 2.65. The van der Waals surface area contributed by atoms with Crippen LogP contribution in [0.2, 0.25) is 0 Å². The number of carbonyl (C=O) groups excluding carboxylic acids is 1. The van der Waals surface area contributed by atoms with Gasteiger partial charge in [-0.2, -0.15) is 0 Å². The Morgan fingerprint density at radius 3 is 2.69 bits per heavy atom. The molecule has 1 aliphatic rings. The summed E-state index contributed by atoms with van der Waals surface area (Å²) in [5.74, 6) is -1.56. The molecule has 4 N–H and O–H groups in total. The minimum Gasteiger partial charge on any atom is -0.480 e. The van der Waals surface area contributed by atoms with E-state index in [-0.39, 0.29) is 18.4 Å². The first-order valence-electron chi connectivity index (χ1n) is 5.44. The molecule has 0 spiro atoms. The molecule has 1 aliphatic heterocycles. The van der Waals surface area contributed by atoms with Crippen molar-refractivity contribution in [3.63, 3.8) is 0 Å². The van der Waals surface area contributed by atoms with E-state index in [1.54, 1.807) is 0 Å². The predicted molar refractivity (Wildman–Crippen MR) is 56.9 cm³/mol. The highest BCUT2D eigenvalue weighted by Crippen LogP contribution is 2.08. The molecule has 92 valence electrons. The molecular formula is C10H18N2O4. The molecular weight excluding hydrogens is 212 g/mol. The zero-order valence-corrected chi connectivity index (χ0v) is 9.27. The van der Waals surface area contributed by atoms with E-state index in [2.05, 4.69) is 10.6 Å². The number of nitrogens with one attached hydrogen (secondary N) is 2. The Kier molecular flexibility index (Phi) is 4.70. The summed E-state index contributed by atoms with van der Waals surface area (Å²) in [6.45, 7) is 2.24. The van der Waals surface area contributed by atoms with Gasteiger partial charge in [-0.1, -0.05) is 0 Å². The first-order chi connectivity index (χ1) is 7.50. The van der Waals surface area contributed by atoms with Gasteiger partial charge in [-0.3, -0.25) is 4.79 Å². The molecule has 0 saturated carbocycles. The second kappa shape index (κ2) is 5.81. The molecule has 6 heteroatoms. The lowest BCUT2D eigenvalue weighted by molar-refractivity contribution is -0.144. The number of carboxylic acid groups (broad SMARTS) is 1. The second-order valence-corrected chi connectivity index (χ2v) is 4.12. The van der Waals surface area contributed by atoms with Gasteiger partial charge in [0.1, 0.15) is 0 Å². The van der Waals surface area contributed by atoms with Gasteiger partial charge in [0.15, 0.2) is 6.04 Å². The highest BCUT2D eigenvalue weighted by Gasteiger charge is 2.26. The molecule has 0 aliphatic carbocycles. The second-order valence-electron chi connectivity index (χ2n) is 4.12. The van der Waals surface area contributed by atoms with Crippen LogP contribution in [-0.2, 0) is 9.59 Å². The molecule has 1 heterocycles. The number of hydrogen-bond donors (Lipinski definition) is 4. The molecule has 0 bridgehead atoms. The molecule has 0 radical (unpaired) electrons. The van der Waals surface area contributed by atoms with Crippen LogP contribution in [-0.4, -0.2) is 46.8 Å². The van der Waals surface area contributed by atoms with E-state index in [9.17, 15) is 14.7 Å². The molecule has 1 saturated heterocycles. The van der Waals surface area contributed by atoms with E-state index in [0.29, 0.717) is 0 Å². The van der Waals surface area contributed by atoms with Crippen LogP contribution < -0.4 is 10.6 Å². The van der Waals surface area contributed by atoms with Gasteiger partial charge in [0, 0.05) is 12.5 Å². The van der Waals surface area contributed by atoms with Crippen molar-refractivity contribution in [3.8, 4) is 0 Å². The molecule has 0 aromatic carbocycles. The Morgan fingerprint density at radius 1 is 1.56 bits per heavy atom. The van der Waals surface area contributed by atoms with Gasteiger partial charge < -0.3 is 20.8 Å². The van der Waals surface area contributed by atoms with Crippen LogP contribution in [0.4, 0.5) is 0 Å². The lowest BCUT2D eigenvalue weighted by atomic mass is 10.1. The SMILES string of the molecule is CC(O)C(NC(=O)CC1CCCN1)C(=O)O. The number of aliphatic carboxylic acids is 1. The summed E-state index contributed by atoms with van der Waals surface area (Å²) < 4.78 is 0. The number of rotatable bonds is 5. The molecule has 0 aromatic heterocycles. The Bertz CT molecular complexity index is 262. The molecule has 16 heavy (non-hydrogen) atoms. The summed E-state index contributed by atoms with van der Waals surface area (Å²) in [4.78, 5) is 22.2. The number of carbonyl (C=O) groups is 2. The summed E-state index contributed by atoms with van der Waals surface area (Å²) in [6.07, 6.45) is 1.13. The largest absolute Gasteiger partial charge is 0.480 e. The number of carboxylic acids is 1. The standard InChI is InChI=1S/C10H18N2O4/c1-6(13)9(10(15)16)12-8(14)5-7-3-2-4-11-7/h6-7,9,11,13H,2-5H2,1H3,(H,12,14)(H,15,16). The molecule has 3 unspecified atom stereocenters. The Labute approximate surface area is 94.0 Å². The van der Waals surface area contributed by atoms with Gasteiger partial charge in [0.05, 0.1) is 6.10 Å². The van der Waals surface area contributed by atoms with E-state index < -0.39 is 18.1 Å². The van der Waals surface area contributed by atoms with Crippen molar-refractivity contribution in [1.82, 2.24) is 10.6 Å². The van der Waals surface area contributed by atoms with Crippen LogP contribution in [0.3, 0.4) is 0 Å². The molecule has 1 rings (SSSR count). The van der Waals surface area contributed by atoms with E-state index in [1.165, 1.54) is 6.92 Å². The van der Waals surface area contributed by atoms with Crippen LogP contribution in [0, 0.1) is 0 Å². The minimum absolute atomic E-state index is 0.128.